The minimum absolute atomic E-state index is 0.0368. The van der Waals surface area contributed by atoms with Crippen LogP contribution in [0.2, 0.25) is 0 Å². The van der Waals surface area contributed by atoms with E-state index in [1.54, 1.807) is 7.11 Å². The Kier molecular flexibility index (Phi) is 18.0. The summed E-state index contributed by atoms with van der Waals surface area (Å²) in [6, 6.07) is 59.6. The molecular formula is C55H60O11. The first-order valence-corrected chi connectivity index (χ1v) is 22.6. The minimum atomic E-state index is -1.04. The normalized spacial score (nSPS) is 25.4. The second kappa shape index (κ2) is 25.1. The Balaban J connectivity index is 1.10. The van der Waals surface area contributed by atoms with Gasteiger partial charge in [-0.1, -0.05) is 182 Å². The molecule has 346 valence electrons. The standard InChI is InChI=1S/C55H60O11/c1-57-54-52(62-37-44-28-16-6-17-29-44)51(61-36-43-26-14-5-15-27-43)49(59-34-41-22-10-3-11-23-41)47(66-54)39-64-55-53(63-38-45-30-18-7-19-31-45)50(60-35-42-24-12-4-13-25-42)48(46(32-56)65-55)58-33-40-20-8-2-9-21-40/h2-31,46-56H,32-39H2,1H3/t46-,47-,48-,49-,50+,51+,52-,53+,54+,55?/m1/s1. The third-order valence-electron chi connectivity index (χ3n) is 11.7. The van der Waals surface area contributed by atoms with Gasteiger partial charge in [-0.05, 0) is 33.4 Å². The molecule has 2 aliphatic rings. The van der Waals surface area contributed by atoms with Crippen LogP contribution in [0.1, 0.15) is 33.4 Å². The molecule has 0 bridgehead atoms. The molecule has 0 amide bonds. The van der Waals surface area contributed by atoms with Crippen molar-refractivity contribution in [3.8, 4) is 0 Å². The van der Waals surface area contributed by atoms with Gasteiger partial charge in [0.25, 0.3) is 0 Å². The van der Waals surface area contributed by atoms with Crippen LogP contribution in [0.3, 0.4) is 0 Å². The number of benzene rings is 6. The largest absolute Gasteiger partial charge is 0.394 e. The molecule has 0 radical (unpaired) electrons. The molecule has 1 N–H and O–H groups in total. The lowest BCUT2D eigenvalue weighted by Crippen LogP contribution is -2.64. The van der Waals surface area contributed by atoms with E-state index in [1.807, 2.05) is 182 Å². The van der Waals surface area contributed by atoms with Crippen LogP contribution < -0.4 is 0 Å². The molecule has 11 nitrogen and oxygen atoms in total. The third kappa shape index (κ3) is 13.3. The zero-order valence-electron chi connectivity index (χ0n) is 37.3. The summed E-state index contributed by atoms with van der Waals surface area (Å²) in [6.07, 6.45) is -7.87. The molecule has 8 rings (SSSR count). The fourth-order valence-electron chi connectivity index (χ4n) is 8.29. The van der Waals surface area contributed by atoms with Crippen molar-refractivity contribution in [2.75, 3.05) is 20.3 Å². The van der Waals surface area contributed by atoms with Gasteiger partial charge in [-0.25, -0.2) is 0 Å². The highest BCUT2D eigenvalue weighted by molar-refractivity contribution is 5.18. The molecular weight excluding hydrogens is 837 g/mol. The molecule has 0 aliphatic carbocycles. The van der Waals surface area contributed by atoms with Gasteiger partial charge in [-0.2, -0.15) is 0 Å². The molecule has 0 saturated carbocycles. The molecule has 2 fully saturated rings. The van der Waals surface area contributed by atoms with Crippen LogP contribution in [0.5, 0.6) is 0 Å². The van der Waals surface area contributed by atoms with E-state index in [9.17, 15) is 5.11 Å². The predicted molar refractivity (Wildman–Crippen MR) is 247 cm³/mol. The number of ether oxygens (including phenoxy) is 10. The van der Waals surface area contributed by atoms with E-state index < -0.39 is 61.4 Å². The van der Waals surface area contributed by atoms with E-state index in [0.717, 1.165) is 33.4 Å². The molecule has 10 atom stereocenters. The second-order valence-corrected chi connectivity index (χ2v) is 16.4. The summed E-state index contributed by atoms with van der Waals surface area (Å²) in [4.78, 5) is 0. The number of hydrogen-bond donors (Lipinski definition) is 1. The van der Waals surface area contributed by atoms with Gasteiger partial charge in [0.2, 0.25) is 0 Å². The summed E-state index contributed by atoms with van der Waals surface area (Å²) in [5.74, 6) is 0. The molecule has 66 heavy (non-hydrogen) atoms. The Labute approximate surface area is 388 Å². The van der Waals surface area contributed by atoms with Crippen molar-refractivity contribution in [3.63, 3.8) is 0 Å². The van der Waals surface area contributed by atoms with Gasteiger partial charge in [0.1, 0.15) is 48.8 Å². The summed E-state index contributed by atoms with van der Waals surface area (Å²) in [7, 11) is 1.59. The van der Waals surface area contributed by atoms with E-state index in [1.165, 1.54) is 0 Å². The molecule has 11 heteroatoms. The molecule has 6 aromatic carbocycles. The van der Waals surface area contributed by atoms with Gasteiger partial charge in [0.05, 0.1) is 52.9 Å². The molecule has 6 aromatic rings. The van der Waals surface area contributed by atoms with Gasteiger partial charge in [0, 0.05) is 7.11 Å². The Morgan fingerprint density at radius 2 is 0.606 bits per heavy atom. The number of rotatable bonds is 23. The van der Waals surface area contributed by atoms with Gasteiger partial charge in [0.15, 0.2) is 12.6 Å². The van der Waals surface area contributed by atoms with Crippen molar-refractivity contribution in [3.05, 3.63) is 215 Å². The van der Waals surface area contributed by atoms with E-state index in [2.05, 4.69) is 0 Å². The lowest BCUT2D eigenvalue weighted by Gasteiger charge is -2.47. The van der Waals surface area contributed by atoms with Crippen molar-refractivity contribution >= 4 is 0 Å². The van der Waals surface area contributed by atoms with Gasteiger partial charge in [-0.3, -0.25) is 0 Å². The number of hydrogen-bond acceptors (Lipinski definition) is 11. The topological polar surface area (TPSA) is 113 Å². The van der Waals surface area contributed by atoms with Crippen LogP contribution in [0.4, 0.5) is 0 Å². The van der Waals surface area contributed by atoms with Crippen LogP contribution in [0.15, 0.2) is 182 Å². The number of methoxy groups -OCH3 is 1. The Morgan fingerprint density at radius 3 is 0.924 bits per heavy atom. The SMILES string of the molecule is CO[C@H]1O[C@H](COC2O[C@H](CO)[C@@H](OCc3ccccc3)[C@H](OCc3ccccc3)[C@@H]2OCc2ccccc2)[C@@H](OCc2ccccc2)[C@H](OCc2ccccc2)[C@H]1OCc1ccccc1. The smallest absolute Gasteiger partial charge is 0.187 e. The van der Waals surface area contributed by atoms with Gasteiger partial charge < -0.3 is 52.5 Å². The van der Waals surface area contributed by atoms with E-state index in [4.69, 9.17) is 47.4 Å². The van der Waals surface area contributed by atoms with Crippen molar-refractivity contribution < 1.29 is 52.5 Å². The predicted octanol–water partition coefficient (Wildman–Crippen LogP) is 8.60. The number of aliphatic hydroxyl groups excluding tert-OH is 1. The van der Waals surface area contributed by atoms with E-state index in [0.29, 0.717) is 6.61 Å². The highest BCUT2D eigenvalue weighted by atomic mass is 16.7. The van der Waals surface area contributed by atoms with Crippen LogP contribution in [0, 0.1) is 0 Å². The van der Waals surface area contributed by atoms with Crippen LogP contribution in [0.25, 0.3) is 0 Å². The summed E-state index contributed by atoms with van der Waals surface area (Å²) < 4.78 is 67.0. The first kappa shape index (κ1) is 47.4. The monoisotopic (exact) mass is 896 g/mol. The quantitative estimate of drug-likeness (QED) is 0.0668. The van der Waals surface area contributed by atoms with Crippen molar-refractivity contribution in [1.29, 1.82) is 0 Å². The molecule has 0 aromatic heterocycles. The maximum Gasteiger partial charge on any atom is 0.187 e. The van der Waals surface area contributed by atoms with Crippen molar-refractivity contribution in [1.82, 2.24) is 0 Å². The summed E-state index contributed by atoms with van der Waals surface area (Å²) >= 11 is 0. The first-order chi connectivity index (χ1) is 32.6. The highest BCUT2D eigenvalue weighted by Gasteiger charge is 2.52. The van der Waals surface area contributed by atoms with Gasteiger partial charge >= 0.3 is 0 Å². The molecule has 2 aliphatic heterocycles. The highest BCUT2D eigenvalue weighted by Crippen LogP contribution is 2.35. The van der Waals surface area contributed by atoms with E-state index in [-0.39, 0.29) is 46.2 Å². The summed E-state index contributed by atoms with van der Waals surface area (Å²) in [5.41, 5.74) is 5.85. The fourth-order valence-corrected chi connectivity index (χ4v) is 8.29. The zero-order valence-corrected chi connectivity index (χ0v) is 37.3. The lowest BCUT2D eigenvalue weighted by molar-refractivity contribution is -0.350. The molecule has 2 heterocycles. The maximum atomic E-state index is 11.0. The van der Waals surface area contributed by atoms with Crippen molar-refractivity contribution in [2.45, 2.75) is 101 Å². The van der Waals surface area contributed by atoms with Gasteiger partial charge in [-0.15, -0.1) is 0 Å². The lowest BCUT2D eigenvalue weighted by atomic mass is 9.97. The van der Waals surface area contributed by atoms with Crippen LogP contribution in [-0.2, 0) is 87.0 Å². The van der Waals surface area contributed by atoms with Crippen LogP contribution in [-0.4, -0.2) is 86.8 Å². The van der Waals surface area contributed by atoms with E-state index >= 15 is 0 Å². The zero-order chi connectivity index (χ0) is 45.2. The molecule has 2 saturated heterocycles. The third-order valence-corrected chi connectivity index (χ3v) is 11.7. The number of aliphatic hydroxyl groups is 1. The fraction of sp³-hybridized carbons (Fsp3) is 0.345. The molecule has 0 spiro atoms. The average molecular weight is 897 g/mol. The Morgan fingerprint density at radius 1 is 0.333 bits per heavy atom. The Hall–Kier alpha value is -5.12. The minimum Gasteiger partial charge on any atom is -0.394 e. The maximum absolute atomic E-state index is 11.0. The van der Waals surface area contributed by atoms with Crippen molar-refractivity contribution in [2.24, 2.45) is 0 Å². The summed E-state index contributed by atoms with van der Waals surface area (Å²) in [6.45, 7) is 1.21. The Bertz CT molecular complexity index is 2060. The summed E-state index contributed by atoms with van der Waals surface area (Å²) in [5, 5.41) is 11.0. The first-order valence-electron chi connectivity index (χ1n) is 22.6. The molecule has 1 unspecified atom stereocenters. The second-order valence-electron chi connectivity index (χ2n) is 16.4. The average Bonchev–Trinajstić information content (AvgIpc) is 3.38. The van der Waals surface area contributed by atoms with Crippen LogP contribution >= 0.6 is 0 Å².